The van der Waals surface area contributed by atoms with Crippen molar-refractivity contribution in [3.8, 4) is 28.5 Å². The zero-order valence-electron chi connectivity index (χ0n) is 12.7. The molecule has 25 heavy (non-hydrogen) atoms. The van der Waals surface area contributed by atoms with Crippen LogP contribution in [-0.2, 0) is 6.54 Å². The monoisotopic (exact) mass is 343 g/mol. The van der Waals surface area contributed by atoms with Gasteiger partial charge in [0.2, 0.25) is 0 Å². The predicted octanol–water partition coefficient (Wildman–Crippen LogP) is 1.73. The summed E-state index contributed by atoms with van der Waals surface area (Å²) < 4.78 is 29.6. The van der Waals surface area contributed by atoms with Gasteiger partial charge in [0.1, 0.15) is 28.8 Å². The van der Waals surface area contributed by atoms with Gasteiger partial charge in [-0.2, -0.15) is 5.10 Å². The van der Waals surface area contributed by atoms with Crippen molar-refractivity contribution >= 4 is 5.91 Å². The van der Waals surface area contributed by atoms with Gasteiger partial charge in [0.15, 0.2) is 5.82 Å². The highest BCUT2D eigenvalue weighted by Crippen LogP contribution is 2.28. The lowest BCUT2D eigenvalue weighted by Crippen LogP contribution is -2.35. The summed E-state index contributed by atoms with van der Waals surface area (Å²) in [5, 5.41) is 16.3. The molecule has 3 heterocycles. The lowest BCUT2D eigenvalue weighted by atomic mass is 10.1. The normalized spacial score (nSPS) is 13.4. The Bertz CT molecular complexity index is 979. The fourth-order valence-corrected chi connectivity index (χ4v) is 2.66. The van der Waals surface area contributed by atoms with Crippen LogP contribution < -0.4 is 5.32 Å². The van der Waals surface area contributed by atoms with Crippen molar-refractivity contribution in [2.75, 3.05) is 6.54 Å². The number of halogens is 2. The minimum Gasteiger partial charge on any atom is -0.508 e. The van der Waals surface area contributed by atoms with Crippen LogP contribution in [0.1, 0.15) is 10.5 Å². The van der Waals surface area contributed by atoms with Gasteiger partial charge in [-0.05, 0) is 12.1 Å². The van der Waals surface area contributed by atoms with E-state index < -0.39 is 22.9 Å². The maximum Gasteiger partial charge on any atom is 0.269 e. The van der Waals surface area contributed by atoms with Crippen LogP contribution in [0.5, 0.6) is 5.75 Å². The second-order valence-corrected chi connectivity index (χ2v) is 5.44. The molecule has 1 amide bonds. The molecule has 126 valence electrons. The molecule has 2 N–H and O–H groups in total. The number of amides is 1. The zero-order valence-corrected chi connectivity index (χ0v) is 12.7. The van der Waals surface area contributed by atoms with Gasteiger partial charge in [-0.25, -0.2) is 18.7 Å². The van der Waals surface area contributed by atoms with Crippen molar-refractivity contribution in [3.63, 3.8) is 0 Å². The highest BCUT2D eigenvalue weighted by molar-refractivity contribution is 5.94. The molecule has 0 saturated heterocycles. The van der Waals surface area contributed by atoms with Crippen LogP contribution in [0.2, 0.25) is 0 Å². The molecule has 1 aromatic carbocycles. The topological polar surface area (TPSA) is 92.9 Å². The molecule has 0 atom stereocenters. The largest absolute Gasteiger partial charge is 0.508 e. The van der Waals surface area contributed by atoms with E-state index in [0.29, 0.717) is 30.2 Å². The van der Waals surface area contributed by atoms with Crippen molar-refractivity contribution in [3.05, 3.63) is 47.8 Å². The summed E-state index contributed by atoms with van der Waals surface area (Å²) in [5.74, 6) is -2.89. The van der Waals surface area contributed by atoms with Gasteiger partial charge in [-0.3, -0.25) is 9.48 Å². The third-order valence-corrected chi connectivity index (χ3v) is 3.79. The Morgan fingerprint density at radius 1 is 1.16 bits per heavy atom. The molecule has 1 aliphatic rings. The molecule has 0 fully saturated rings. The molecule has 7 nitrogen and oxygen atoms in total. The fourth-order valence-electron chi connectivity index (χ4n) is 2.66. The molecule has 0 saturated carbocycles. The first-order chi connectivity index (χ1) is 12.0. The van der Waals surface area contributed by atoms with Crippen molar-refractivity contribution in [1.29, 1.82) is 0 Å². The van der Waals surface area contributed by atoms with Crippen LogP contribution >= 0.6 is 0 Å². The number of nitrogens with one attached hydrogen (secondary N) is 1. The van der Waals surface area contributed by atoms with Crippen molar-refractivity contribution in [2.24, 2.45) is 0 Å². The number of carbonyl (C=O) groups excluding carboxylic acids is 1. The molecule has 2 aromatic heterocycles. The van der Waals surface area contributed by atoms with E-state index in [-0.39, 0.29) is 11.7 Å². The first-order valence-corrected chi connectivity index (χ1v) is 7.41. The molecule has 0 spiro atoms. The SMILES string of the molecule is O=C1NCCn2nc(-c3ccnc(-c4c(F)cc(O)cc4F)n3)cc21. The Hall–Kier alpha value is -3.36. The molecular formula is C16H11F2N5O2. The molecule has 3 aromatic rings. The highest BCUT2D eigenvalue weighted by atomic mass is 19.1. The second-order valence-electron chi connectivity index (χ2n) is 5.44. The van der Waals surface area contributed by atoms with E-state index in [1.807, 2.05) is 0 Å². The van der Waals surface area contributed by atoms with Crippen molar-refractivity contribution in [1.82, 2.24) is 25.1 Å². The molecular weight excluding hydrogens is 332 g/mol. The zero-order chi connectivity index (χ0) is 17.6. The Morgan fingerprint density at radius 3 is 2.64 bits per heavy atom. The maximum absolute atomic E-state index is 14.0. The second kappa shape index (κ2) is 5.62. The van der Waals surface area contributed by atoms with Crippen LogP contribution in [0.15, 0.2) is 30.5 Å². The molecule has 0 bridgehead atoms. The standard InChI is InChI=1S/C16H11F2N5O2/c17-9-5-8(24)6-10(18)14(9)15-19-2-1-11(21-15)12-7-13-16(25)20-3-4-23(13)22-12/h1-2,5-7,24H,3-4H2,(H,20,25). The summed E-state index contributed by atoms with van der Waals surface area (Å²) in [6.07, 6.45) is 1.35. The number of phenolic OH excluding ortho intramolecular Hbond substituents is 1. The van der Waals surface area contributed by atoms with Crippen molar-refractivity contribution < 1.29 is 18.7 Å². The number of carbonyl (C=O) groups is 1. The quantitative estimate of drug-likeness (QED) is 0.739. The first-order valence-electron chi connectivity index (χ1n) is 7.41. The number of fused-ring (bicyclic) bond motifs is 1. The number of aromatic nitrogens is 4. The van der Waals surface area contributed by atoms with E-state index in [9.17, 15) is 18.7 Å². The Labute approximate surface area is 140 Å². The summed E-state index contributed by atoms with van der Waals surface area (Å²) in [5.41, 5.74) is 0.673. The minimum absolute atomic E-state index is 0.178. The highest BCUT2D eigenvalue weighted by Gasteiger charge is 2.21. The molecule has 0 radical (unpaired) electrons. The number of phenols is 1. The Morgan fingerprint density at radius 2 is 1.92 bits per heavy atom. The summed E-state index contributed by atoms with van der Waals surface area (Å²) in [4.78, 5) is 19.9. The van der Waals surface area contributed by atoms with Gasteiger partial charge in [0.25, 0.3) is 5.91 Å². The van der Waals surface area contributed by atoms with E-state index in [2.05, 4.69) is 20.4 Å². The molecule has 4 rings (SSSR count). The van der Waals surface area contributed by atoms with Crippen LogP contribution in [0.25, 0.3) is 22.8 Å². The molecule has 9 heteroatoms. The third-order valence-electron chi connectivity index (χ3n) is 3.79. The van der Waals surface area contributed by atoms with Crippen LogP contribution in [0.4, 0.5) is 8.78 Å². The average molecular weight is 343 g/mol. The molecule has 0 aliphatic carbocycles. The van der Waals surface area contributed by atoms with E-state index in [1.165, 1.54) is 12.3 Å². The summed E-state index contributed by atoms with van der Waals surface area (Å²) in [6.45, 7) is 1.01. The first kappa shape index (κ1) is 15.2. The van der Waals surface area contributed by atoms with Crippen LogP contribution in [-0.4, -0.2) is 37.3 Å². The van der Waals surface area contributed by atoms with Gasteiger partial charge >= 0.3 is 0 Å². The van der Waals surface area contributed by atoms with Crippen LogP contribution in [0.3, 0.4) is 0 Å². The minimum atomic E-state index is -0.974. The maximum atomic E-state index is 14.0. The van der Waals surface area contributed by atoms with E-state index in [0.717, 1.165) is 12.1 Å². The number of hydrogen-bond acceptors (Lipinski definition) is 5. The van der Waals surface area contributed by atoms with E-state index >= 15 is 0 Å². The fraction of sp³-hybridized carbons (Fsp3) is 0.125. The number of aromatic hydroxyl groups is 1. The number of hydrogen-bond donors (Lipinski definition) is 2. The average Bonchev–Trinajstić information content (AvgIpc) is 3.00. The van der Waals surface area contributed by atoms with Crippen LogP contribution in [0, 0.1) is 11.6 Å². The van der Waals surface area contributed by atoms with Gasteiger partial charge in [0, 0.05) is 24.9 Å². The van der Waals surface area contributed by atoms with Gasteiger partial charge in [-0.15, -0.1) is 0 Å². The van der Waals surface area contributed by atoms with Gasteiger partial charge < -0.3 is 10.4 Å². The van der Waals surface area contributed by atoms with E-state index in [4.69, 9.17) is 0 Å². The number of benzene rings is 1. The Kier molecular flexibility index (Phi) is 3.41. The smallest absolute Gasteiger partial charge is 0.269 e. The number of rotatable bonds is 2. The van der Waals surface area contributed by atoms with E-state index in [1.54, 1.807) is 10.7 Å². The predicted molar refractivity (Wildman–Crippen MR) is 82.6 cm³/mol. The lowest BCUT2D eigenvalue weighted by molar-refractivity contribution is 0.0924. The Balaban J connectivity index is 1.80. The van der Waals surface area contributed by atoms with Crippen molar-refractivity contribution in [2.45, 2.75) is 6.54 Å². The van der Waals surface area contributed by atoms with Gasteiger partial charge in [0.05, 0.1) is 17.8 Å². The number of nitrogens with zero attached hydrogens (tertiary/aromatic N) is 4. The molecule has 1 aliphatic heterocycles. The third kappa shape index (κ3) is 2.59. The molecule has 0 unspecified atom stereocenters. The lowest BCUT2D eigenvalue weighted by Gasteiger charge is -2.13. The summed E-state index contributed by atoms with van der Waals surface area (Å²) >= 11 is 0. The van der Waals surface area contributed by atoms with Gasteiger partial charge in [-0.1, -0.05) is 0 Å². The summed E-state index contributed by atoms with van der Waals surface area (Å²) in [6, 6.07) is 4.67. The summed E-state index contributed by atoms with van der Waals surface area (Å²) in [7, 11) is 0.